The molecule has 2 rings (SSSR count). The SMILES string of the molecule is COc1ccc(C(=O)Nc2ccccc2F)cc1O. The topological polar surface area (TPSA) is 58.6 Å². The highest BCUT2D eigenvalue weighted by Gasteiger charge is 2.11. The monoisotopic (exact) mass is 261 g/mol. The first kappa shape index (κ1) is 12.9. The molecular weight excluding hydrogens is 249 g/mol. The number of halogens is 1. The third kappa shape index (κ3) is 2.82. The van der Waals surface area contributed by atoms with Crippen molar-refractivity contribution in [1.29, 1.82) is 0 Å². The summed E-state index contributed by atoms with van der Waals surface area (Å²) < 4.78 is 18.3. The van der Waals surface area contributed by atoms with Crippen molar-refractivity contribution in [3.8, 4) is 11.5 Å². The Balaban J connectivity index is 2.21. The Hall–Kier alpha value is -2.56. The van der Waals surface area contributed by atoms with Gasteiger partial charge < -0.3 is 15.2 Å². The van der Waals surface area contributed by atoms with Crippen LogP contribution in [0.3, 0.4) is 0 Å². The van der Waals surface area contributed by atoms with Crippen LogP contribution in [0.25, 0.3) is 0 Å². The predicted octanol–water partition coefficient (Wildman–Crippen LogP) is 2.79. The fourth-order valence-electron chi connectivity index (χ4n) is 1.59. The molecule has 0 radical (unpaired) electrons. The summed E-state index contributed by atoms with van der Waals surface area (Å²) in [4.78, 5) is 11.9. The van der Waals surface area contributed by atoms with Gasteiger partial charge in [-0.05, 0) is 30.3 Å². The lowest BCUT2D eigenvalue weighted by Crippen LogP contribution is -2.12. The van der Waals surface area contributed by atoms with Crippen molar-refractivity contribution in [2.45, 2.75) is 0 Å². The van der Waals surface area contributed by atoms with E-state index in [0.717, 1.165) is 0 Å². The zero-order chi connectivity index (χ0) is 13.8. The van der Waals surface area contributed by atoms with E-state index in [2.05, 4.69) is 5.32 Å². The summed E-state index contributed by atoms with van der Waals surface area (Å²) in [5.41, 5.74) is 0.296. The number of aromatic hydroxyl groups is 1. The number of benzene rings is 2. The quantitative estimate of drug-likeness (QED) is 0.893. The van der Waals surface area contributed by atoms with Gasteiger partial charge in [0.2, 0.25) is 0 Å². The molecule has 0 heterocycles. The van der Waals surface area contributed by atoms with Crippen LogP contribution in [0.1, 0.15) is 10.4 Å². The Kier molecular flexibility index (Phi) is 3.66. The fraction of sp³-hybridized carbons (Fsp3) is 0.0714. The summed E-state index contributed by atoms with van der Waals surface area (Å²) in [5, 5.41) is 12.0. The smallest absolute Gasteiger partial charge is 0.255 e. The highest BCUT2D eigenvalue weighted by atomic mass is 19.1. The number of hydrogen-bond acceptors (Lipinski definition) is 3. The largest absolute Gasteiger partial charge is 0.504 e. The first-order valence-corrected chi connectivity index (χ1v) is 5.54. The molecule has 0 atom stereocenters. The van der Waals surface area contributed by atoms with Gasteiger partial charge in [-0.1, -0.05) is 12.1 Å². The molecule has 0 spiro atoms. The molecule has 0 saturated carbocycles. The van der Waals surface area contributed by atoms with Gasteiger partial charge in [-0.15, -0.1) is 0 Å². The van der Waals surface area contributed by atoms with Gasteiger partial charge in [-0.3, -0.25) is 4.79 Å². The van der Waals surface area contributed by atoms with Gasteiger partial charge in [-0.2, -0.15) is 0 Å². The van der Waals surface area contributed by atoms with Gasteiger partial charge in [0.1, 0.15) is 5.82 Å². The Morgan fingerprint density at radius 2 is 2.00 bits per heavy atom. The Morgan fingerprint density at radius 3 is 2.63 bits per heavy atom. The molecule has 2 N–H and O–H groups in total. The van der Waals surface area contributed by atoms with E-state index in [1.54, 1.807) is 6.07 Å². The third-order valence-corrected chi connectivity index (χ3v) is 2.56. The minimum absolute atomic E-state index is 0.0859. The number of rotatable bonds is 3. The molecule has 0 saturated heterocycles. The molecule has 0 fully saturated rings. The maximum atomic E-state index is 13.4. The standard InChI is InChI=1S/C14H12FNO3/c1-19-13-7-6-9(8-12(13)17)14(18)16-11-5-3-2-4-10(11)15/h2-8,17H,1H3,(H,16,18). The molecule has 2 aromatic rings. The van der Waals surface area contributed by atoms with Crippen molar-refractivity contribution in [2.24, 2.45) is 0 Å². The lowest BCUT2D eigenvalue weighted by molar-refractivity contribution is 0.102. The van der Waals surface area contributed by atoms with Gasteiger partial charge in [-0.25, -0.2) is 4.39 Å². The first-order chi connectivity index (χ1) is 9.11. The number of carbonyl (C=O) groups excluding carboxylic acids is 1. The van der Waals surface area contributed by atoms with Crippen LogP contribution < -0.4 is 10.1 Å². The van der Waals surface area contributed by atoms with Crippen LogP contribution >= 0.6 is 0 Å². The minimum Gasteiger partial charge on any atom is -0.504 e. The molecule has 0 aliphatic heterocycles. The van der Waals surface area contributed by atoms with E-state index in [1.165, 1.54) is 43.5 Å². The Morgan fingerprint density at radius 1 is 1.26 bits per heavy atom. The summed E-state index contributed by atoms with van der Waals surface area (Å²) in [5.74, 6) is -0.914. The second-order valence-electron chi connectivity index (χ2n) is 3.82. The average molecular weight is 261 g/mol. The highest BCUT2D eigenvalue weighted by molar-refractivity contribution is 6.04. The van der Waals surface area contributed by atoms with E-state index in [1.807, 2.05) is 0 Å². The van der Waals surface area contributed by atoms with Crippen LogP contribution in [-0.2, 0) is 0 Å². The van der Waals surface area contributed by atoms with Crippen LogP contribution in [0.2, 0.25) is 0 Å². The van der Waals surface area contributed by atoms with E-state index >= 15 is 0 Å². The number of para-hydroxylation sites is 1. The summed E-state index contributed by atoms with van der Waals surface area (Å²) >= 11 is 0. The molecule has 2 aromatic carbocycles. The number of carbonyl (C=O) groups is 1. The minimum atomic E-state index is -0.520. The predicted molar refractivity (Wildman–Crippen MR) is 69.0 cm³/mol. The van der Waals surface area contributed by atoms with Crippen molar-refractivity contribution in [2.75, 3.05) is 12.4 Å². The molecule has 5 heteroatoms. The maximum Gasteiger partial charge on any atom is 0.255 e. The normalized spacial score (nSPS) is 10.0. The molecule has 0 aliphatic carbocycles. The van der Waals surface area contributed by atoms with Gasteiger partial charge >= 0.3 is 0 Å². The Labute approximate surface area is 109 Å². The molecule has 0 aliphatic rings. The number of hydrogen-bond donors (Lipinski definition) is 2. The zero-order valence-corrected chi connectivity index (χ0v) is 10.2. The summed E-state index contributed by atoms with van der Waals surface area (Å²) in [6.07, 6.45) is 0. The molecule has 4 nitrogen and oxygen atoms in total. The van der Waals surface area contributed by atoms with Gasteiger partial charge in [0.25, 0.3) is 5.91 Å². The van der Waals surface area contributed by atoms with Crippen molar-refractivity contribution in [3.05, 3.63) is 53.8 Å². The molecule has 19 heavy (non-hydrogen) atoms. The molecular formula is C14H12FNO3. The second kappa shape index (κ2) is 5.39. The number of amides is 1. The van der Waals surface area contributed by atoms with Crippen molar-refractivity contribution >= 4 is 11.6 Å². The molecule has 0 unspecified atom stereocenters. The number of ether oxygens (including phenoxy) is 1. The fourth-order valence-corrected chi connectivity index (χ4v) is 1.59. The van der Waals surface area contributed by atoms with Crippen LogP contribution in [0.4, 0.5) is 10.1 Å². The molecule has 0 bridgehead atoms. The number of methoxy groups -OCH3 is 1. The summed E-state index contributed by atoms with van der Waals surface area (Å²) in [6, 6.07) is 10.1. The van der Waals surface area contributed by atoms with E-state index in [4.69, 9.17) is 4.74 Å². The highest BCUT2D eigenvalue weighted by Crippen LogP contribution is 2.26. The van der Waals surface area contributed by atoms with Crippen molar-refractivity contribution in [1.82, 2.24) is 0 Å². The van der Waals surface area contributed by atoms with E-state index < -0.39 is 11.7 Å². The molecule has 1 amide bonds. The number of phenols is 1. The first-order valence-electron chi connectivity index (χ1n) is 5.54. The number of nitrogens with one attached hydrogen (secondary N) is 1. The van der Waals surface area contributed by atoms with Gasteiger partial charge in [0, 0.05) is 5.56 Å². The van der Waals surface area contributed by atoms with E-state index in [0.29, 0.717) is 0 Å². The summed E-state index contributed by atoms with van der Waals surface area (Å²) in [7, 11) is 1.41. The third-order valence-electron chi connectivity index (χ3n) is 2.56. The van der Waals surface area contributed by atoms with Crippen molar-refractivity contribution < 1.29 is 19.0 Å². The van der Waals surface area contributed by atoms with E-state index in [9.17, 15) is 14.3 Å². The Bertz CT molecular complexity index is 613. The van der Waals surface area contributed by atoms with E-state index in [-0.39, 0.29) is 22.7 Å². The molecule has 98 valence electrons. The lowest BCUT2D eigenvalue weighted by atomic mass is 10.2. The van der Waals surface area contributed by atoms with Crippen LogP contribution in [0, 0.1) is 5.82 Å². The maximum absolute atomic E-state index is 13.4. The zero-order valence-electron chi connectivity index (χ0n) is 10.2. The summed E-state index contributed by atoms with van der Waals surface area (Å²) in [6.45, 7) is 0. The van der Waals surface area contributed by atoms with Crippen molar-refractivity contribution in [3.63, 3.8) is 0 Å². The van der Waals surface area contributed by atoms with Crippen LogP contribution in [-0.4, -0.2) is 18.1 Å². The number of phenolic OH excluding ortho intramolecular Hbond substituents is 1. The van der Waals surface area contributed by atoms with Gasteiger partial charge in [0.05, 0.1) is 12.8 Å². The number of anilines is 1. The average Bonchev–Trinajstić information content (AvgIpc) is 2.41. The second-order valence-corrected chi connectivity index (χ2v) is 3.82. The van der Waals surface area contributed by atoms with Crippen LogP contribution in [0.15, 0.2) is 42.5 Å². The van der Waals surface area contributed by atoms with Crippen LogP contribution in [0.5, 0.6) is 11.5 Å². The lowest BCUT2D eigenvalue weighted by Gasteiger charge is -2.08. The molecule has 0 aromatic heterocycles. The van der Waals surface area contributed by atoms with Gasteiger partial charge in [0.15, 0.2) is 11.5 Å².